The van der Waals surface area contributed by atoms with E-state index in [-0.39, 0.29) is 19.6 Å². The summed E-state index contributed by atoms with van der Waals surface area (Å²) in [5, 5.41) is 30.4. The van der Waals surface area contributed by atoms with Gasteiger partial charge in [0.1, 0.15) is 30.5 Å². The molecule has 0 aromatic heterocycles. The maximum Gasteiger partial charge on any atom is 0.397 e. The summed E-state index contributed by atoms with van der Waals surface area (Å²) in [6.07, 6.45) is 13.0. The van der Waals surface area contributed by atoms with E-state index in [0.717, 1.165) is 38.5 Å². The highest BCUT2D eigenvalue weighted by Gasteiger charge is 2.48. The van der Waals surface area contributed by atoms with Gasteiger partial charge in [0.25, 0.3) is 0 Å². The number of carbonyl (C=O) groups excluding carboxylic acids is 1. The number of hydrogen-bond donors (Lipinski definition) is 4. The van der Waals surface area contributed by atoms with Gasteiger partial charge in [0.2, 0.25) is 0 Å². The standard InChI is InChI=1S/C33H64O12S/c1-3-5-7-9-11-13-14-16-18-20-22-29(35)43-27(25-41-23-21-19-17-15-12-10-8-6-4-2)26-42-33-31(37)32(45-46(38,39)40)30(36)28(24-34)44-33/h27-28,30-34,36-37H,3-26H2,1-2H3,(H,38,39,40). The molecule has 46 heavy (non-hydrogen) atoms. The van der Waals surface area contributed by atoms with Crippen LogP contribution in [0.5, 0.6) is 0 Å². The Labute approximate surface area is 277 Å². The van der Waals surface area contributed by atoms with Crippen molar-refractivity contribution in [1.82, 2.24) is 0 Å². The number of aliphatic hydroxyl groups excluding tert-OH is 3. The first kappa shape index (κ1) is 43.1. The molecule has 0 saturated carbocycles. The van der Waals surface area contributed by atoms with Crippen molar-refractivity contribution in [2.75, 3.05) is 26.4 Å². The van der Waals surface area contributed by atoms with Crippen LogP contribution in [0.15, 0.2) is 0 Å². The van der Waals surface area contributed by atoms with Crippen LogP contribution in [0.4, 0.5) is 0 Å². The molecule has 6 atom stereocenters. The van der Waals surface area contributed by atoms with Crippen molar-refractivity contribution in [1.29, 1.82) is 0 Å². The maximum absolute atomic E-state index is 12.7. The van der Waals surface area contributed by atoms with E-state index in [1.54, 1.807) is 0 Å². The number of rotatable bonds is 30. The Balaban J connectivity index is 2.56. The lowest BCUT2D eigenvalue weighted by molar-refractivity contribution is -0.301. The fourth-order valence-corrected chi connectivity index (χ4v) is 6.00. The second-order valence-corrected chi connectivity index (χ2v) is 13.5. The highest BCUT2D eigenvalue weighted by atomic mass is 32.3. The van der Waals surface area contributed by atoms with E-state index in [2.05, 4.69) is 18.0 Å². The van der Waals surface area contributed by atoms with Gasteiger partial charge in [-0.1, -0.05) is 123 Å². The summed E-state index contributed by atoms with van der Waals surface area (Å²) in [5.41, 5.74) is 0. The highest BCUT2D eigenvalue weighted by molar-refractivity contribution is 7.80. The van der Waals surface area contributed by atoms with E-state index in [4.69, 9.17) is 23.5 Å². The molecule has 0 aromatic rings. The van der Waals surface area contributed by atoms with Crippen LogP contribution in [-0.4, -0.2) is 97.5 Å². The fraction of sp³-hybridized carbons (Fsp3) is 0.970. The van der Waals surface area contributed by atoms with Gasteiger partial charge in [-0.15, -0.1) is 0 Å². The summed E-state index contributed by atoms with van der Waals surface area (Å²) in [4.78, 5) is 12.7. The van der Waals surface area contributed by atoms with Crippen molar-refractivity contribution in [2.45, 2.75) is 179 Å². The van der Waals surface area contributed by atoms with Gasteiger partial charge in [0.05, 0.1) is 19.8 Å². The first-order valence-electron chi connectivity index (χ1n) is 17.8. The molecule has 1 aliphatic rings. The van der Waals surface area contributed by atoms with E-state index in [1.807, 2.05) is 0 Å². The zero-order chi connectivity index (χ0) is 34.0. The maximum atomic E-state index is 12.7. The third kappa shape index (κ3) is 21.1. The monoisotopic (exact) mass is 684 g/mol. The molecule has 13 heteroatoms. The zero-order valence-electron chi connectivity index (χ0n) is 28.4. The molecule has 0 aromatic carbocycles. The van der Waals surface area contributed by atoms with E-state index in [0.29, 0.717) is 13.0 Å². The fourth-order valence-electron chi connectivity index (χ4n) is 5.49. The van der Waals surface area contributed by atoms with Crippen LogP contribution < -0.4 is 0 Å². The largest absolute Gasteiger partial charge is 0.457 e. The highest BCUT2D eigenvalue weighted by Crippen LogP contribution is 2.26. The molecular formula is C33H64O12S. The Bertz CT molecular complexity index is 842. The summed E-state index contributed by atoms with van der Waals surface area (Å²) in [7, 11) is -5.04. The normalized spacial score (nSPS) is 22.6. The molecule has 6 unspecified atom stereocenters. The van der Waals surface area contributed by atoms with Crippen molar-refractivity contribution < 1.29 is 56.2 Å². The van der Waals surface area contributed by atoms with Gasteiger partial charge < -0.3 is 34.3 Å². The number of esters is 1. The summed E-state index contributed by atoms with van der Waals surface area (Å²) >= 11 is 0. The number of aliphatic hydroxyl groups is 3. The molecule has 1 fully saturated rings. The first-order chi connectivity index (χ1) is 22.1. The third-order valence-corrected chi connectivity index (χ3v) is 8.69. The van der Waals surface area contributed by atoms with Gasteiger partial charge in [-0.3, -0.25) is 9.35 Å². The second kappa shape index (κ2) is 27.0. The number of hydrogen-bond acceptors (Lipinski definition) is 11. The van der Waals surface area contributed by atoms with Crippen LogP contribution in [0, 0.1) is 0 Å². The molecule has 0 aliphatic carbocycles. The first-order valence-corrected chi connectivity index (χ1v) is 19.2. The molecule has 1 rings (SSSR count). The Morgan fingerprint density at radius 1 is 0.739 bits per heavy atom. The summed E-state index contributed by atoms with van der Waals surface area (Å²) < 4.78 is 58.5. The average molecular weight is 685 g/mol. The molecule has 0 spiro atoms. The molecule has 1 aliphatic heterocycles. The van der Waals surface area contributed by atoms with Crippen molar-refractivity contribution in [3.05, 3.63) is 0 Å². The van der Waals surface area contributed by atoms with E-state index >= 15 is 0 Å². The minimum Gasteiger partial charge on any atom is -0.457 e. The quantitative estimate of drug-likeness (QED) is 0.0431. The Kier molecular flexibility index (Phi) is 25.3. The van der Waals surface area contributed by atoms with Crippen LogP contribution >= 0.6 is 0 Å². The van der Waals surface area contributed by atoms with Crippen LogP contribution in [0.2, 0.25) is 0 Å². The van der Waals surface area contributed by atoms with Gasteiger partial charge in [0.15, 0.2) is 6.29 Å². The number of ether oxygens (including phenoxy) is 4. The van der Waals surface area contributed by atoms with Crippen molar-refractivity contribution in [3.8, 4) is 0 Å². The summed E-state index contributed by atoms with van der Waals surface area (Å²) in [5.74, 6) is -0.402. The number of carbonyl (C=O) groups is 1. The SMILES string of the molecule is CCCCCCCCCCCCC(=O)OC(COCCCCCCCCCCC)COC1OC(CO)C(O)C(OS(=O)(=O)O)C1O. The Hall–Kier alpha value is -0.900. The van der Waals surface area contributed by atoms with Crippen LogP contribution in [-0.2, 0) is 38.3 Å². The van der Waals surface area contributed by atoms with Gasteiger partial charge in [-0.2, -0.15) is 8.42 Å². The van der Waals surface area contributed by atoms with Gasteiger partial charge >= 0.3 is 16.4 Å². The van der Waals surface area contributed by atoms with E-state index in [1.165, 1.54) is 77.0 Å². The molecule has 1 saturated heterocycles. The van der Waals surface area contributed by atoms with Crippen molar-refractivity contribution >= 4 is 16.4 Å². The zero-order valence-corrected chi connectivity index (χ0v) is 29.2. The Morgan fingerprint density at radius 3 is 1.74 bits per heavy atom. The lowest BCUT2D eigenvalue weighted by atomic mass is 9.99. The molecule has 1 heterocycles. The minimum atomic E-state index is -5.04. The third-order valence-electron chi connectivity index (χ3n) is 8.23. The molecule has 0 radical (unpaired) electrons. The van der Waals surface area contributed by atoms with E-state index < -0.39 is 59.8 Å². The average Bonchev–Trinajstić information content (AvgIpc) is 3.01. The molecule has 274 valence electrons. The molecular weight excluding hydrogens is 620 g/mol. The molecule has 12 nitrogen and oxygen atoms in total. The van der Waals surface area contributed by atoms with Crippen LogP contribution in [0.25, 0.3) is 0 Å². The van der Waals surface area contributed by atoms with Crippen molar-refractivity contribution in [2.24, 2.45) is 0 Å². The second-order valence-electron chi connectivity index (χ2n) is 12.5. The lowest BCUT2D eigenvalue weighted by Gasteiger charge is -2.41. The predicted octanol–water partition coefficient (Wildman–Crippen LogP) is 5.40. The van der Waals surface area contributed by atoms with Crippen LogP contribution in [0.3, 0.4) is 0 Å². The van der Waals surface area contributed by atoms with Gasteiger partial charge in [-0.05, 0) is 12.8 Å². The predicted molar refractivity (Wildman–Crippen MR) is 175 cm³/mol. The topological polar surface area (TPSA) is 178 Å². The van der Waals surface area contributed by atoms with E-state index in [9.17, 15) is 28.5 Å². The Morgan fingerprint density at radius 2 is 1.24 bits per heavy atom. The smallest absolute Gasteiger partial charge is 0.397 e. The molecule has 0 bridgehead atoms. The van der Waals surface area contributed by atoms with Crippen molar-refractivity contribution in [3.63, 3.8) is 0 Å². The molecule has 0 amide bonds. The summed E-state index contributed by atoms with van der Waals surface area (Å²) in [6.45, 7) is 3.93. The summed E-state index contributed by atoms with van der Waals surface area (Å²) in [6, 6.07) is 0. The molecule has 4 N–H and O–H groups in total. The lowest BCUT2D eigenvalue weighted by Crippen LogP contribution is -2.60. The van der Waals surface area contributed by atoms with Gasteiger partial charge in [-0.25, -0.2) is 4.18 Å². The van der Waals surface area contributed by atoms with Gasteiger partial charge in [0, 0.05) is 13.0 Å². The van der Waals surface area contributed by atoms with Crippen LogP contribution in [0.1, 0.15) is 142 Å². The number of unbranched alkanes of at least 4 members (excludes halogenated alkanes) is 17. The minimum absolute atomic E-state index is 0.0423.